The lowest BCUT2D eigenvalue weighted by molar-refractivity contribution is 0.0939. The van der Waals surface area contributed by atoms with Crippen LogP contribution in [0.3, 0.4) is 0 Å². The summed E-state index contributed by atoms with van der Waals surface area (Å²) in [5.74, 6) is -0.298. The van der Waals surface area contributed by atoms with Gasteiger partial charge in [-0.3, -0.25) is 4.79 Å². The summed E-state index contributed by atoms with van der Waals surface area (Å²) in [5, 5.41) is 5.31. The molecule has 0 bridgehead atoms. The van der Waals surface area contributed by atoms with Gasteiger partial charge in [-0.25, -0.2) is 13.2 Å². The second kappa shape index (κ2) is 8.01. The number of hydrogen-bond donors (Lipinski definition) is 3. The van der Waals surface area contributed by atoms with Gasteiger partial charge in [0.25, 0.3) is 5.91 Å². The van der Waals surface area contributed by atoms with Crippen molar-refractivity contribution < 1.29 is 18.0 Å². The topological polar surface area (TPSA) is 118 Å². The molecular weight excluding hydrogens is 354 g/mol. The number of nitrogens with two attached hydrogens (primary N) is 1. The SMILES string of the molecule is CCS(=O)(=O)c1ccc(C(=O)NC(C)c2ccc(NC(N)=O)cc2)cc1. The van der Waals surface area contributed by atoms with E-state index in [2.05, 4.69) is 10.6 Å². The van der Waals surface area contributed by atoms with E-state index in [0.717, 1.165) is 5.56 Å². The number of benzene rings is 2. The Morgan fingerprint density at radius 3 is 2.12 bits per heavy atom. The summed E-state index contributed by atoms with van der Waals surface area (Å²) in [4.78, 5) is 23.3. The third kappa shape index (κ3) is 4.82. The van der Waals surface area contributed by atoms with Crippen LogP contribution in [0.1, 0.15) is 35.8 Å². The molecule has 2 rings (SSSR count). The van der Waals surface area contributed by atoms with Crippen LogP contribution >= 0.6 is 0 Å². The summed E-state index contributed by atoms with van der Waals surface area (Å²) in [5.41, 5.74) is 6.84. The van der Waals surface area contributed by atoms with Crippen LogP contribution in [-0.2, 0) is 9.84 Å². The molecule has 26 heavy (non-hydrogen) atoms. The fourth-order valence-corrected chi connectivity index (χ4v) is 3.23. The van der Waals surface area contributed by atoms with Crippen LogP contribution in [0.2, 0.25) is 0 Å². The number of nitrogens with one attached hydrogen (secondary N) is 2. The van der Waals surface area contributed by atoms with Crippen LogP contribution in [0.5, 0.6) is 0 Å². The Bertz CT molecular complexity index is 891. The second-order valence-corrected chi connectivity index (χ2v) is 8.01. The maximum atomic E-state index is 12.3. The quantitative estimate of drug-likeness (QED) is 0.718. The first-order valence-electron chi connectivity index (χ1n) is 8.03. The van der Waals surface area contributed by atoms with Gasteiger partial charge in [0.1, 0.15) is 0 Å². The fourth-order valence-electron chi connectivity index (χ4n) is 2.34. The van der Waals surface area contributed by atoms with Crippen LogP contribution in [0, 0.1) is 0 Å². The molecule has 0 radical (unpaired) electrons. The van der Waals surface area contributed by atoms with Crippen LogP contribution < -0.4 is 16.4 Å². The number of rotatable bonds is 6. The molecule has 3 amide bonds. The predicted molar refractivity (Wildman–Crippen MR) is 99.7 cm³/mol. The van der Waals surface area contributed by atoms with Gasteiger partial charge in [-0.15, -0.1) is 0 Å². The monoisotopic (exact) mass is 375 g/mol. The summed E-state index contributed by atoms with van der Waals surface area (Å²) in [6.07, 6.45) is 0. The van der Waals surface area contributed by atoms with Crippen LogP contribution in [0.4, 0.5) is 10.5 Å². The van der Waals surface area contributed by atoms with E-state index in [1.807, 2.05) is 6.92 Å². The van der Waals surface area contributed by atoms with Crippen LogP contribution in [0.15, 0.2) is 53.4 Å². The molecule has 0 aromatic heterocycles. The van der Waals surface area contributed by atoms with Gasteiger partial charge in [-0.05, 0) is 48.9 Å². The predicted octanol–water partition coefficient (Wildman–Crippen LogP) is 2.46. The van der Waals surface area contributed by atoms with Gasteiger partial charge < -0.3 is 16.4 Å². The van der Waals surface area contributed by atoms with E-state index in [4.69, 9.17) is 5.73 Å². The number of sulfone groups is 1. The van der Waals surface area contributed by atoms with Gasteiger partial charge in [0.15, 0.2) is 9.84 Å². The number of urea groups is 1. The lowest BCUT2D eigenvalue weighted by atomic mass is 10.1. The Labute approximate surface area is 152 Å². The number of carbonyl (C=O) groups is 2. The summed E-state index contributed by atoms with van der Waals surface area (Å²) in [7, 11) is -3.29. The summed E-state index contributed by atoms with van der Waals surface area (Å²) in [6.45, 7) is 3.40. The Hall–Kier alpha value is -2.87. The molecule has 0 fully saturated rings. The van der Waals surface area contributed by atoms with Crippen LogP contribution in [0.25, 0.3) is 0 Å². The third-order valence-electron chi connectivity index (χ3n) is 3.88. The van der Waals surface area contributed by atoms with Gasteiger partial charge in [0, 0.05) is 11.3 Å². The normalized spacial score (nSPS) is 12.2. The van der Waals surface area contributed by atoms with Crippen LogP contribution in [-0.4, -0.2) is 26.1 Å². The molecule has 1 unspecified atom stereocenters. The minimum atomic E-state index is -3.29. The molecule has 7 nitrogen and oxygen atoms in total. The minimum absolute atomic E-state index is 0.0101. The highest BCUT2D eigenvalue weighted by atomic mass is 32.2. The Morgan fingerprint density at radius 1 is 1.04 bits per heavy atom. The zero-order chi connectivity index (χ0) is 19.3. The van der Waals surface area contributed by atoms with E-state index in [9.17, 15) is 18.0 Å². The molecule has 0 spiro atoms. The van der Waals surface area contributed by atoms with Crippen molar-refractivity contribution in [3.05, 3.63) is 59.7 Å². The molecule has 138 valence electrons. The lowest BCUT2D eigenvalue weighted by Crippen LogP contribution is -2.26. The van der Waals surface area contributed by atoms with Crippen molar-refractivity contribution in [3.8, 4) is 0 Å². The van der Waals surface area contributed by atoms with Gasteiger partial charge in [-0.1, -0.05) is 19.1 Å². The zero-order valence-electron chi connectivity index (χ0n) is 14.5. The molecule has 0 aliphatic heterocycles. The summed E-state index contributed by atoms with van der Waals surface area (Å²) >= 11 is 0. The number of carbonyl (C=O) groups excluding carboxylic acids is 2. The summed E-state index contributed by atoms with van der Waals surface area (Å²) < 4.78 is 23.6. The van der Waals surface area contributed by atoms with E-state index < -0.39 is 15.9 Å². The van der Waals surface area contributed by atoms with Crippen molar-refractivity contribution in [1.29, 1.82) is 0 Å². The van der Waals surface area contributed by atoms with Crippen molar-refractivity contribution in [2.45, 2.75) is 24.8 Å². The number of primary amides is 1. The Kier molecular flexibility index (Phi) is 5.99. The number of amides is 3. The highest BCUT2D eigenvalue weighted by Gasteiger charge is 2.14. The highest BCUT2D eigenvalue weighted by molar-refractivity contribution is 7.91. The molecule has 0 heterocycles. The van der Waals surface area contributed by atoms with Gasteiger partial charge in [0.2, 0.25) is 0 Å². The molecule has 2 aromatic carbocycles. The van der Waals surface area contributed by atoms with E-state index in [0.29, 0.717) is 11.3 Å². The number of hydrogen-bond acceptors (Lipinski definition) is 4. The Balaban J connectivity index is 2.05. The molecule has 8 heteroatoms. The van der Waals surface area contributed by atoms with Crippen molar-refractivity contribution in [1.82, 2.24) is 5.32 Å². The average Bonchev–Trinajstić information content (AvgIpc) is 2.61. The molecule has 0 saturated carbocycles. The van der Waals surface area contributed by atoms with E-state index in [-0.39, 0.29) is 22.6 Å². The standard InChI is InChI=1S/C18H21N3O4S/c1-3-26(24,25)16-10-6-14(7-11-16)17(22)20-12(2)13-4-8-15(9-5-13)21-18(19)23/h4-12H,3H2,1-2H3,(H,20,22)(H3,19,21,23). The molecule has 0 aliphatic rings. The van der Waals surface area contributed by atoms with Crippen molar-refractivity contribution in [2.24, 2.45) is 5.73 Å². The fraction of sp³-hybridized carbons (Fsp3) is 0.222. The van der Waals surface area contributed by atoms with Gasteiger partial charge >= 0.3 is 6.03 Å². The van der Waals surface area contributed by atoms with Crippen molar-refractivity contribution in [3.63, 3.8) is 0 Å². The van der Waals surface area contributed by atoms with Crippen molar-refractivity contribution in [2.75, 3.05) is 11.1 Å². The average molecular weight is 375 g/mol. The lowest BCUT2D eigenvalue weighted by Gasteiger charge is -2.15. The van der Waals surface area contributed by atoms with E-state index in [1.165, 1.54) is 24.3 Å². The first-order chi connectivity index (χ1) is 12.2. The van der Waals surface area contributed by atoms with Gasteiger partial charge in [0.05, 0.1) is 16.7 Å². The maximum Gasteiger partial charge on any atom is 0.316 e. The van der Waals surface area contributed by atoms with Crippen molar-refractivity contribution >= 4 is 27.5 Å². The third-order valence-corrected chi connectivity index (χ3v) is 5.63. The molecule has 1 atom stereocenters. The molecule has 4 N–H and O–H groups in total. The van der Waals surface area contributed by atoms with Gasteiger partial charge in [-0.2, -0.15) is 0 Å². The zero-order valence-corrected chi connectivity index (χ0v) is 15.3. The first kappa shape index (κ1) is 19.5. The molecule has 0 aliphatic carbocycles. The largest absolute Gasteiger partial charge is 0.351 e. The molecule has 0 saturated heterocycles. The first-order valence-corrected chi connectivity index (χ1v) is 9.68. The smallest absolute Gasteiger partial charge is 0.316 e. The Morgan fingerprint density at radius 2 is 1.62 bits per heavy atom. The summed E-state index contributed by atoms with van der Waals surface area (Å²) in [6, 6.07) is 11.8. The molecule has 2 aromatic rings. The number of anilines is 1. The highest BCUT2D eigenvalue weighted by Crippen LogP contribution is 2.17. The minimum Gasteiger partial charge on any atom is -0.351 e. The second-order valence-electron chi connectivity index (χ2n) is 5.73. The molecular formula is C18H21N3O4S. The maximum absolute atomic E-state index is 12.3. The van der Waals surface area contributed by atoms with E-state index in [1.54, 1.807) is 31.2 Å². The van der Waals surface area contributed by atoms with E-state index >= 15 is 0 Å².